The van der Waals surface area contributed by atoms with Gasteiger partial charge in [0.15, 0.2) is 11.5 Å². The van der Waals surface area contributed by atoms with E-state index in [0.717, 1.165) is 42.0 Å². The number of nitrogens with zero attached hydrogens (tertiary/aromatic N) is 3. The molecule has 0 amide bonds. The summed E-state index contributed by atoms with van der Waals surface area (Å²) in [6.45, 7) is 1.75. The van der Waals surface area contributed by atoms with Crippen LogP contribution in [0.1, 0.15) is 11.1 Å². The Hall–Kier alpha value is -3.22. The molecule has 0 bridgehead atoms. The molecule has 1 aromatic heterocycles. The van der Waals surface area contributed by atoms with Crippen LogP contribution in [0.3, 0.4) is 0 Å². The van der Waals surface area contributed by atoms with E-state index in [4.69, 9.17) is 18.9 Å². The molecule has 0 N–H and O–H groups in total. The second kappa shape index (κ2) is 6.19. The molecule has 0 unspecified atom stereocenters. The topological polar surface area (TPSA) is 65.9 Å². The summed E-state index contributed by atoms with van der Waals surface area (Å²) >= 11 is 0. The van der Waals surface area contributed by atoms with Gasteiger partial charge in [0.2, 0.25) is 12.5 Å². The lowest BCUT2D eigenvalue weighted by Gasteiger charge is -2.31. The Labute approximate surface area is 156 Å². The summed E-state index contributed by atoms with van der Waals surface area (Å²) in [5.74, 6) is 3.60. The maximum atomic E-state index is 5.66. The van der Waals surface area contributed by atoms with Crippen molar-refractivity contribution < 1.29 is 18.9 Å². The van der Waals surface area contributed by atoms with Crippen LogP contribution in [0.15, 0.2) is 30.6 Å². The van der Waals surface area contributed by atoms with Crippen LogP contribution in [0.5, 0.6) is 23.0 Å². The SMILES string of the molecule is COc1cccc2c1CN(c1ncnc3c4c(c(OC)cc13)OCO4)CC2. The van der Waals surface area contributed by atoms with Gasteiger partial charge in [0.05, 0.1) is 19.6 Å². The number of aromatic nitrogens is 2. The molecule has 0 radical (unpaired) electrons. The summed E-state index contributed by atoms with van der Waals surface area (Å²) < 4.78 is 22.3. The molecule has 2 aromatic carbocycles. The molecule has 0 spiro atoms. The maximum Gasteiger partial charge on any atom is 0.231 e. The zero-order chi connectivity index (χ0) is 18.4. The van der Waals surface area contributed by atoms with Gasteiger partial charge in [-0.25, -0.2) is 9.97 Å². The van der Waals surface area contributed by atoms with Crippen molar-refractivity contribution in [3.63, 3.8) is 0 Å². The fourth-order valence-corrected chi connectivity index (χ4v) is 3.86. The monoisotopic (exact) mass is 365 g/mol. The predicted octanol–water partition coefficient (Wildman–Crippen LogP) is 2.94. The van der Waals surface area contributed by atoms with Gasteiger partial charge in [-0.1, -0.05) is 12.1 Å². The highest BCUT2D eigenvalue weighted by molar-refractivity contribution is 5.97. The van der Waals surface area contributed by atoms with E-state index < -0.39 is 0 Å². The van der Waals surface area contributed by atoms with Crippen molar-refractivity contribution in [1.82, 2.24) is 9.97 Å². The number of benzene rings is 2. The Kier molecular flexibility index (Phi) is 3.67. The van der Waals surface area contributed by atoms with Crippen molar-refractivity contribution in [2.24, 2.45) is 0 Å². The number of rotatable bonds is 3. The highest BCUT2D eigenvalue weighted by atomic mass is 16.7. The van der Waals surface area contributed by atoms with Crippen LogP contribution >= 0.6 is 0 Å². The van der Waals surface area contributed by atoms with Gasteiger partial charge in [0, 0.05) is 18.7 Å². The van der Waals surface area contributed by atoms with E-state index in [2.05, 4.69) is 20.9 Å². The fraction of sp³-hybridized carbons (Fsp3) is 0.300. The summed E-state index contributed by atoms with van der Waals surface area (Å²) in [7, 11) is 3.33. The van der Waals surface area contributed by atoms with Crippen molar-refractivity contribution in [2.75, 3.05) is 32.5 Å². The highest BCUT2D eigenvalue weighted by Gasteiger charge is 2.27. The van der Waals surface area contributed by atoms with Crippen molar-refractivity contribution in [1.29, 1.82) is 0 Å². The Morgan fingerprint density at radius 3 is 2.74 bits per heavy atom. The minimum atomic E-state index is 0.165. The van der Waals surface area contributed by atoms with Gasteiger partial charge in [-0.05, 0) is 24.1 Å². The minimum Gasteiger partial charge on any atom is -0.496 e. The third-order valence-corrected chi connectivity index (χ3v) is 5.16. The van der Waals surface area contributed by atoms with Crippen molar-refractivity contribution in [2.45, 2.75) is 13.0 Å². The fourth-order valence-electron chi connectivity index (χ4n) is 3.86. The number of anilines is 1. The predicted molar refractivity (Wildman–Crippen MR) is 100.0 cm³/mol. The first-order valence-corrected chi connectivity index (χ1v) is 8.81. The molecule has 2 aliphatic heterocycles. The summed E-state index contributed by atoms with van der Waals surface area (Å²) in [5.41, 5.74) is 3.25. The number of hydrogen-bond acceptors (Lipinski definition) is 7. The molecule has 0 atom stereocenters. The molecule has 0 aliphatic carbocycles. The molecule has 3 heterocycles. The van der Waals surface area contributed by atoms with Crippen molar-refractivity contribution in [3.05, 3.63) is 41.7 Å². The van der Waals surface area contributed by atoms with Gasteiger partial charge in [-0.2, -0.15) is 0 Å². The first-order valence-electron chi connectivity index (χ1n) is 8.81. The molecule has 3 aromatic rings. The molecule has 7 heteroatoms. The molecule has 7 nitrogen and oxygen atoms in total. The van der Waals surface area contributed by atoms with Gasteiger partial charge >= 0.3 is 0 Å². The van der Waals surface area contributed by atoms with E-state index in [0.29, 0.717) is 17.2 Å². The minimum absolute atomic E-state index is 0.165. The van der Waals surface area contributed by atoms with Gasteiger partial charge in [0.1, 0.15) is 23.4 Å². The molecule has 27 heavy (non-hydrogen) atoms. The first kappa shape index (κ1) is 16.0. The second-order valence-corrected chi connectivity index (χ2v) is 6.51. The number of ether oxygens (including phenoxy) is 4. The number of hydrogen-bond donors (Lipinski definition) is 0. The van der Waals surface area contributed by atoms with Crippen molar-refractivity contribution >= 4 is 16.7 Å². The zero-order valence-corrected chi connectivity index (χ0v) is 15.2. The molecule has 2 aliphatic rings. The first-order chi connectivity index (χ1) is 13.3. The van der Waals surface area contributed by atoms with Gasteiger partial charge in [-0.15, -0.1) is 0 Å². The van der Waals surface area contributed by atoms with Gasteiger partial charge in [-0.3, -0.25) is 0 Å². The maximum absolute atomic E-state index is 5.66. The summed E-state index contributed by atoms with van der Waals surface area (Å²) in [6.07, 6.45) is 2.50. The smallest absolute Gasteiger partial charge is 0.231 e. The Bertz CT molecular complexity index is 1020. The van der Waals surface area contributed by atoms with Gasteiger partial charge in [0.25, 0.3) is 0 Å². The van der Waals surface area contributed by atoms with Crippen molar-refractivity contribution in [3.8, 4) is 23.0 Å². The van der Waals surface area contributed by atoms with E-state index in [-0.39, 0.29) is 6.79 Å². The molecular formula is C20H19N3O4. The standard InChI is InChI=1S/C20H19N3O4/c1-24-15-5-3-4-12-6-7-23(9-14(12)15)20-13-8-16(25-2)18-19(27-11-26-18)17(13)21-10-22-20/h3-5,8,10H,6-7,9,11H2,1-2H3. The molecule has 0 fully saturated rings. The number of fused-ring (bicyclic) bond motifs is 4. The zero-order valence-electron chi connectivity index (χ0n) is 15.2. The molecule has 5 rings (SSSR count). The quantitative estimate of drug-likeness (QED) is 0.707. The van der Waals surface area contributed by atoms with E-state index >= 15 is 0 Å². The van der Waals surface area contributed by atoms with E-state index in [1.54, 1.807) is 20.5 Å². The molecule has 0 saturated heterocycles. The number of methoxy groups -OCH3 is 2. The van der Waals surface area contributed by atoms with Crippen LogP contribution in [0.2, 0.25) is 0 Å². The van der Waals surface area contributed by atoms with Crippen LogP contribution in [0.25, 0.3) is 10.9 Å². The average molecular weight is 365 g/mol. The summed E-state index contributed by atoms with van der Waals surface area (Å²) in [4.78, 5) is 11.3. The Balaban J connectivity index is 1.64. The Morgan fingerprint density at radius 2 is 1.89 bits per heavy atom. The molecule has 0 saturated carbocycles. The Morgan fingerprint density at radius 1 is 1.04 bits per heavy atom. The van der Waals surface area contributed by atoms with Crippen LogP contribution in [-0.2, 0) is 13.0 Å². The summed E-state index contributed by atoms with van der Waals surface area (Å²) in [6, 6.07) is 8.13. The van der Waals surface area contributed by atoms with Crippen LogP contribution in [-0.4, -0.2) is 37.5 Å². The molecular weight excluding hydrogens is 346 g/mol. The average Bonchev–Trinajstić information content (AvgIpc) is 3.22. The normalized spacial score (nSPS) is 15.0. The van der Waals surface area contributed by atoms with Gasteiger partial charge < -0.3 is 23.8 Å². The highest BCUT2D eigenvalue weighted by Crippen LogP contribution is 2.47. The lowest BCUT2D eigenvalue weighted by Crippen LogP contribution is -2.31. The third kappa shape index (κ3) is 2.42. The van der Waals surface area contributed by atoms with Crippen LogP contribution in [0.4, 0.5) is 5.82 Å². The van der Waals surface area contributed by atoms with Crippen LogP contribution in [0, 0.1) is 0 Å². The lowest BCUT2D eigenvalue weighted by molar-refractivity contribution is 0.172. The lowest BCUT2D eigenvalue weighted by atomic mass is 9.98. The van der Waals surface area contributed by atoms with E-state index in [9.17, 15) is 0 Å². The summed E-state index contributed by atoms with van der Waals surface area (Å²) in [5, 5.41) is 0.886. The van der Waals surface area contributed by atoms with E-state index in [1.165, 1.54) is 11.1 Å². The van der Waals surface area contributed by atoms with Crippen LogP contribution < -0.4 is 23.8 Å². The third-order valence-electron chi connectivity index (χ3n) is 5.16. The second-order valence-electron chi connectivity index (χ2n) is 6.51. The largest absolute Gasteiger partial charge is 0.496 e. The molecule has 138 valence electrons. The van der Waals surface area contributed by atoms with E-state index in [1.807, 2.05) is 18.2 Å².